The molecule has 2 aromatic rings. The number of hydrogen-bond donors (Lipinski definition) is 3. The molecule has 6 heteroatoms. The van der Waals surface area contributed by atoms with Crippen molar-refractivity contribution in [3.63, 3.8) is 0 Å². The third kappa shape index (κ3) is 3.04. The van der Waals surface area contributed by atoms with Crippen LogP contribution < -0.4 is 0 Å². The Hall–Kier alpha value is -2.21. The number of benzene rings is 2. The largest absolute Gasteiger partial charge is 0.394 e. The third-order valence-electron chi connectivity index (χ3n) is 5.93. The number of carbonyl (C=O) groups excluding carboxylic acids is 1. The highest BCUT2D eigenvalue weighted by atomic mass is 35.5. The van der Waals surface area contributed by atoms with Crippen LogP contribution in [-0.2, 0) is 10.2 Å². The highest BCUT2D eigenvalue weighted by Crippen LogP contribution is 2.54. The molecule has 2 aromatic carbocycles. The van der Waals surface area contributed by atoms with Gasteiger partial charge in [0.15, 0.2) is 0 Å². The molecule has 2 fully saturated rings. The highest BCUT2D eigenvalue weighted by Gasteiger charge is 2.59. The van der Waals surface area contributed by atoms with Crippen molar-refractivity contribution in [3.05, 3.63) is 59.1 Å². The Labute approximate surface area is 169 Å². The lowest BCUT2D eigenvalue weighted by Crippen LogP contribution is -2.48. The summed E-state index contributed by atoms with van der Waals surface area (Å²) in [5.41, 5.74) is 2.04. The number of hydrogen-bond acceptors (Lipinski definition) is 4. The van der Waals surface area contributed by atoms with Crippen LogP contribution in [0.15, 0.2) is 48.5 Å². The fourth-order valence-electron chi connectivity index (χ4n) is 4.37. The number of rotatable bonds is 6. The highest BCUT2D eigenvalue weighted by molar-refractivity contribution is 6.30. The monoisotopic (exact) mass is 398 g/mol. The number of carbonyl (C=O) groups is 1. The maximum absolute atomic E-state index is 13.5. The zero-order valence-electron chi connectivity index (χ0n) is 15.4. The molecule has 2 aliphatic rings. The van der Waals surface area contributed by atoms with Gasteiger partial charge in [-0.2, -0.15) is 0 Å². The topological polar surface area (TPSA) is 84.6 Å². The molecule has 146 valence electrons. The summed E-state index contributed by atoms with van der Waals surface area (Å²) in [6.07, 6.45) is 2.18. The quantitative estimate of drug-likeness (QED) is 0.698. The van der Waals surface area contributed by atoms with Gasteiger partial charge in [0, 0.05) is 11.4 Å². The SMILES string of the molecule is N=C1CC(c2cccc(-c3cccc(Cl)c3)c2)(C2CC2)C(=O)N1C(CO)CO. The Balaban J connectivity index is 1.79. The summed E-state index contributed by atoms with van der Waals surface area (Å²) in [5, 5.41) is 28.2. The van der Waals surface area contributed by atoms with E-state index in [1.165, 1.54) is 4.90 Å². The molecule has 3 N–H and O–H groups in total. The van der Waals surface area contributed by atoms with Crippen molar-refractivity contribution in [2.75, 3.05) is 13.2 Å². The minimum absolute atomic E-state index is 0.165. The molecule has 28 heavy (non-hydrogen) atoms. The van der Waals surface area contributed by atoms with E-state index in [4.69, 9.17) is 17.0 Å². The molecule has 1 heterocycles. The number of nitrogens with one attached hydrogen (secondary N) is 1. The lowest BCUT2D eigenvalue weighted by atomic mass is 9.73. The van der Waals surface area contributed by atoms with Crippen molar-refractivity contribution < 1.29 is 15.0 Å². The molecule has 0 aromatic heterocycles. The van der Waals surface area contributed by atoms with Crippen LogP contribution in [0.1, 0.15) is 24.8 Å². The molecule has 1 saturated carbocycles. The van der Waals surface area contributed by atoms with Gasteiger partial charge in [0.05, 0.1) is 24.7 Å². The van der Waals surface area contributed by atoms with Crippen molar-refractivity contribution in [2.24, 2.45) is 5.92 Å². The summed E-state index contributed by atoms with van der Waals surface area (Å²) in [6.45, 7) is -0.734. The van der Waals surface area contributed by atoms with Crippen LogP contribution in [0, 0.1) is 11.3 Å². The predicted molar refractivity (Wildman–Crippen MR) is 108 cm³/mol. The number of aliphatic hydroxyl groups excluding tert-OH is 2. The smallest absolute Gasteiger partial charge is 0.239 e. The average Bonchev–Trinajstić information content (AvgIpc) is 3.51. The van der Waals surface area contributed by atoms with E-state index in [0.717, 1.165) is 29.5 Å². The van der Waals surface area contributed by atoms with Gasteiger partial charge in [-0.15, -0.1) is 0 Å². The number of likely N-dealkylation sites (tertiary alicyclic amines) is 1. The molecule has 1 atom stereocenters. The minimum atomic E-state index is -0.797. The molecule has 4 rings (SSSR count). The predicted octanol–water partition coefficient (Wildman–Crippen LogP) is 3.22. The van der Waals surface area contributed by atoms with Gasteiger partial charge in [0.2, 0.25) is 5.91 Å². The first-order valence-electron chi connectivity index (χ1n) is 9.50. The maximum Gasteiger partial charge on any atom is 0.239 e. The molecule has 5 nitrogen and oxygen atoms in total. The Morgan fingerprint density at radius 2 is 1.75 bits per heavy atom. The van der Waals surface area contributed by atoms with Crippen LogP contribution >= 0.6 is 11.6 Å². The molecule has 1 aliphatic carbocycles. The van der Waals surface area contributed by atoms with Gasteiger partial charge in [-0.25, -0.2) is 0 Å². The van der Waals surface area contributed by atoms with Gasteiger partial charge in [-0.1, -0.05) is 48.0 Å². The van der Waals surface area contributed by atoms with E-state index in [1.54, 1.807) is 0 Å². The molecular formula is C22H23ClN2O3. The van der Waals surface area contributed by atoms with Crippen LogP contribution in [0.2, 0.25) is 5.02 Å². The van der Waals surface area contributed by atoms with E-state index in [2.05, 4.69) is 0 Å². The molecular weight excluding hydrogens is 376 g/mol. The number of nitrogens with zero attached hydrogens (tertiary/aromatic N) is 1. The van der Waals surface area contributed by atoms with E-state index in [-0.39, 0.29) is 30.9 Å². The van der Waals surface area contributed by atoms with Gasteiger partial charge < -0.3 is 10.2 Å². The fourth-order valence-corrected chi connectivity index (χ4v) is 4.56. The molecule has 1 amide bonds. The average molecular weight is 399 g/mol. The Kier molecular flexibility index (Phi) is 5.00. The third-order valence-corrected chi connectivity index (χ3v) is 6.17. The summed E-state index contributed by atoms with van der Waals surface area (Å²) in [4.78, 5) is 14.8. The molecule has 1 unspecified atom stereocenters. The van der Waals surface area contributed by atoms with Crippen molar-refractivity contribution in [3.8, 4) is 11.1 Å². The van der Waals surface area contributed by atoms with Crippen LogP contribution in [0.5, 0.6) is 0 Å². The fraction of sp³-hybridized carbons (Fsp3) is 0.364. The van der Waals surface area contributed by atoms with Gasteiger partial charge in [-0.05, 0) is 47.6 Å². The molecule has 0 spiro atoms. The van der Waals surface area contributed by atoms with Gasteiger partial charge in [0.1, 0.15) is 5.84 Å². The molecule has 1 aliphatic heterocycles. The summed E-state index contributed by atoms with van der Waals surface area (Å²) in [7, 11) is 0. The van der Waals surface area contributed by atoms with E-state index in [9.17, 15) is 15.0 Å². The standard InChI is InChI=1S/C22H23ClN2O3/c23-18-6-2-4-15(10-18)14-3-1-5-17(9-14)22(16-7-8-16)11-20(24)25(21(22)28)19(12-26)13-27/h1-6,9-10,16,19,24,26-27H,7-8,11-13H2. The first-order chi connectivity index (χ1) is 13.5. The normalized spacial score (nSPS) is 22.4. The zero-order chi connectivity index (χ0) is 19.9. The second-order valence-electron chi connectivity index (χ2n) is 7.65. The number of amidine groups is 1. The van der Waals surface area contributed by atoms with Crippen LogP contribution in [0.3, 0.4) is 0 Å². The van der Waals surface area contributed by atoms with E-state index in [1.807, 2.05) is 48.5 Å². The van der Waals surface area contributed by atoms with Crippen LogP contribution in [-0.4, -0.2) is 46.1 Å². The van der Waals surface area contributed by atoms with Crippen molar-refractivity contribution in [1.82, 2.24) is 4.90 Å². The first-order valence-corrected chi connectivity index (χ1v) is 9.88. The van der Waals surface area contributed by atoms with Crippen LogP contribution in [0.25, 0.3) is 11.1 Å². The lowest BCUT2D eigenvalue weighted by Gasteiger charge is -2.30. The second-order valence-corrected chi connectivity index (χ2v) is 8.09. The summed E-state index contributed by atoms with van der Waals surface area (Å²) in [5.74, 6) is 0.160. The van der Waals surface area contributed by atoms with E-state index >= 15 is 0 Å². The van der Waals surface area contributed by atoms with Gasteiger partial charge in [0.25, 0.3) is 0 Å². The summed E-state index contributed by atoms with van der Waals surface area (Å²) in [6, 6.07) is 14.7. The molecule has 0 radical (unpaired) electrons. The van der Waals surface area contributed by atoms with Crippen molar-refractivity contribution >= 4 is 23.3 Å². The number of amides is 1. The number of aliphatic hydroxyl groups is 2. The summed E-state index contributed by atoms with van der Waals surface area (Å²) < 4.78 is 0. The summed E-state index contributed by atoms with van der Waals surface area (Å²) >= 11 is 6.14. The van der Waals surface area contributed by atoms with Crippen molar-refractivity contribution in [1.29, 1.82) is 5.41 Å². The Bertz CT molecular complexity index is 924. The van der Waals surface area contributed by atoms with E-state index < -0.39 is 11.5 Å². The number of halogens is 1. The maximum atomic E-state index is 13.5. The zero-order valence-corrected chi connectivity index (χ0v) is 16.2. The lowest BCUT2D eigenvalue weighted by molar-refractivity contribution is -0.134. The van der Waals surface area contributed by atoms with E-state index in [0.29, 0.717) is 11.4 Å². The molecule has 0 bridgehead atoms. The van der Waals surface area contributed by atoms with Crippen molar-refractivity contribution in [2.45, 2.75) is 30.7 Å². The molecule has 1 saturated heterocycles. The second kappa shape index (κ2) is 7.32. The van der Waals surface area contributed by atoms with Crippen LogP contribution in [0.4, 0.5) is 0 Å². The van der Waals surface area contributed by atoms with Gasteiger partial charge in [-0.3, -0.25) is 15.1 Å². The minimum Gasteiger partial charge on any atom is -0.394 e. The van der Waals surface area contributed by atoms with Gasteiger partial charge >= 0.3 is 0 Å². The first kappa shape index (κ1) is 19.1. The Morgan fingerprint density at radius 3 is 2.36 bits per heavy atom. The Morgan fingerprint density at radius 1 is 1.11 bits per heavy atom.